The molecule has 0 aliphatic heterocycles. The molecular formula is C11H15ClN2S. The number of nitrogens with zero attached hydrogens (tertiary/aromatic N) is 2. The Morgan fingerprint density at radius 1 is 1.20 bits per heavy atom. The minimum Gasteiger partial charge on any atom is -0.349 e. The second kappa shape index (κ2) is 5.33. The third-order valence-corrected chi connectivity index (χ3v) is 3.41. The molecule has 0 radical (unpaired) electrons. The van der Waals surface area contributed by atoms with E-state index < -0.39 is 0 Å². The summed E-state index contributed by atoms with van der Waals surface area (Å²) in [7, 11) is 0. The van der Waals surface area contributed by atoms with E-state index >= 15 is 0 Å². The molecule has 0 N–H and O–H groups in total. The molecule has 0 spiro atoms. The standard InChI is InChI=1S/C11H14N2S.ClH/c1-3-13(4-2)11-12-9-7-5-6-8-10(9)14-11;/h5-8H,3-4H2,1-2H3;1H. The van der Waals surface area contributed by atoms with Crippen molar-refractivity contribution in [3.8, 4) is 0 Å². The van der Waals surface area contributed by atoms with Crippen LogP contribution in [0.25, 0.3) is 10.2 Å². The molecule has 0 aliphatic rings. The largest absolute Gasteiger partial charge is 0.349 e. The van der Waals surface area contributed by atoms with Crippen LogP contribution in [0.1, 0.15) is 13.8 Å². The first kappa shape index (κ1) is 12.3. The molecule has 0 atom stereocenters. The monoisotopic (exact) mass is 242 g/mol. The van der Waals surface area contributed by atoms with Gasteiger partial charge in [0.25, 0.3) is 0 Å². The number of rotatable bonds is 3. The maximum atomic E-state index is 4.60. The molecule has 0 saturated carbocycles. The number of thiazole rings is 1. The minimum atomic E-state index is 0. The second-order valence-corrected chi connectivity index (χ2v) is 4.15. The number of halogens is 1. The summed E-state index contributed by atoms with van der Waals surface area (Å²) in [5.74, 6) is 0. The summed E-state index contributed by atoms with van der Waals surface area (Å²) < 4.78 is 1.27. The van der Waals surface area contributed by atoms with Crippen LogP contribution in [0.4, 0.5) is 5.13 Å². The van der Waals surface area contributed by atoms with Gasteiger partial charge >= 0.3 is 0 Å². The van der Waals surface area contributed by atoms with Gasteiger partial charge in [-0.15, -0.1) is 12.4 Å². The molecule has 1 aromatic heterocycles. The lowest BCUT2D eigenvalue weighted by atomic mass is 10.3. The Hall–Kier alpha value is -0.800. The highest BCUT2D eigenvalue weighted by molar-refractivity contribution is 7.22. The van der Waals surface area contributed by atoms with Crippen LogP contribution in [0.3, 0.4) is 0 Å². The predicted molar refractivity (Wildman–Crippen MR) is 70.4 cm³/mol. The molecule has 0 aliphatic carbocycles. The van der Waals surface area contributed by atoms with Crippen molar-refractivity contribution >= 4 is 39.1 Å². The van der Waals surface area contributed by atoms with E-state index in [-0.39, 0.29) is 12.4 Å². The van der Waals surface area contributed by atoms with Crippen LogP contribution >= 0.6 is 23.7 Å². The van der Waals surface area contributed by atoms with Crippen molar-refractivity contribution in [1.82, 2.24) is 4.98 Å². The fourth-order valence-corrected chi connectivity index (χ4v) is 2.58. The van der Waals surface area contributed by atoms with Gasteiger partial charge in [0, 0.05) is 13.1 Å². The zero-order valence-corrected chi connectivity index (χ0v) is 10.6. The number of fused-ring (bicyclic) bond motifs is 1. The van der Waals surface area contributed by atoms with Crippen molar-refractivity contribution in [3.05, 3.63) is 24.3 Å². The summed E-state index contributed by atoms with van der Waals surface area (Å²) in [6, 6.07) is 8.29. The molecule has 82 valence electrons. The van der Waals surface area contributed by atoms with Crippen molar-refractivity contribution in [1.29, 1.82) is 0 Å². The van der Waals surface area contributed by atoms with E-state index in [0.29, 0.717) is 0 Å². The molecule has 4 heteroatoms. The molecule has 15 heavy (non-hydrogen) atoms. The Labute approximate surface area is 100 Å². The lowest BCUT2D eigenvalue weighted by Gasteiger charge is -2.16. The molecular weight excluding hydrogens is 228 g/mol. The first-order valence-corrected chi connectivity index (χ1v) is 5.77. The van der Waals surface area contributed by atoms with Gasteiger partial charge in [-0.25, -0.2) is 4.98 Å². The average Bonchev–Trinajstić information content (AvgIpc) is 2.63. The number of benzene rings is 1. The van der Waals surface area contributed by atoms with Gasteiger partial charge in [-0.3, -0.25) is 0 Å². The summed E-state index contributed by atoms with van der Waals surface area (Å²) in [5.41, 5.74) is 1.11. The quantitative estimate of drug-likeness (QED) is 0.818. The molecule has 2 nitrogen and oxygen atoms in total. The SMILES string of the molecule is CCN(CC)c1nc2ccccc2s1.Cl. The third kappa shape index (κ3) is 2.41. The Kier molecular flexibility index (Phi) is 4.36. The number of hydrogen-bond acceptors (Lipinski definition) is 3. The summed E-state index contributed by atoms with van der Waals surface area (Å²) >= 11 is 1.77. The van der Waals surface area contributed by atoms with Crippen LogP contribution in [-0.4, -0.2) is 18.1 Å². The molecule has 0 bridgehead atoms. The average molecular weight is 243 g/mol. The second-order valence-electron chi connectivity index (χ2n) is 3.14. The van der Waals surface area contributed by atoms with Gasteiger partial charge in [-0.1, -0.05) is 23.5 Å². The number of para-hydroxylation sites is 1. The van der Waals surface area contributed by atoms with Crippen LogP contribution in [-0.2, 0) is 0 Å². The Balaban J connectivity index is 0.00000112. The van der Waals surface area contributed by atoms with Gasteiger partial charge in [-0.05, 0) is 26.0 Å². The van der Waals surface area contributed by atoms with E-state index in [1.54, 1.807) is 11.3 Å². The third-order valence-electron chi connectivity index (χ3n) is 2.32. The van der Waals surface area contributed by atoms with Crippen LogP contribution in [0.15, 0.2) is 24.3 Å². The van der Waals surface area contributed by atoms with Crippen molar-refractivity contribution < 1.29 is 0 Å². The molecule has 0 amide bonds. The van der Waals surface area contributed by atoms with Crippen LogP contribution < -0.4 is 4.90 Å². The zero-order chi connectivity index (χ0) is 9.97. The molecule has 1 aromatic carbocycles. The van der Waals surface area contributed by atoms with E-state index in [1.807, 2.05) is 6.07 Å². The predicted octanol–water partition coefficient (Wildman–Crippen LogP) is 3.56. The highest BCUT2D eigenvalue weighted by atomic mass is 35.5. The molecule has 0 fully saturated rings. The van der Waals surface area contributed by atoms with Gasteiger partial charge < -0.3 is 4.90 Å². The molecule has 0 unspecified atom stereocenters. The lowest BCUT2D eigenvalue weighted by Crippen LogP contribution is -2.21. The van der Waals surface area contributed by atoms with Gasteiger partial charge in [0.2, 0.25) is 0 Å². The van der Waals surface area contributed by atoms with Gasteiger partial charge in [0.1, 0.15) is 0 Å². The topological polar surface area (TPSA) is 16.1 Å². The zero-order valence-electron chi connectivity index (χ0n) is 8.93. The van der Waals surface area contributed by atoms with E-state index in [2.05, 4.69) is 41.9 Å². The van der Waals surface area contributed by atoms with Crippen molar-refractivity contribution in [2.45, 2.75) is 13.8 Å². The highest BCUT2D eigenvalue weighted by Gasteiger charge is 2.07. The lowest BCUT2D eigenvalue weighted by molar-refractivity contribution is 0.862. The molecule has 1 heterocycles. The molecule has 2 aromatic rings. The van der Waals surface area contributed by atoms with Crippen molar-refractivity contribution in [2.75, 3.05) is 18.0 Å². The highest BCUT2D eigenvalue weighted by Crippen LogP contribution is 2.27. The normalized spacial score (nSPS) is 10.0. The van der Waals surface area contributed by atoms with Gasteiger partial charge in [0.05, 0.1) is 10.2 Å². The summed E-state index contributed by atoms with van der Waals surface area (Å²) in [5, 5.41) is 1.14. The number of anilines is 1. The first-order valence-electron chi connectivity index (χ1n) is 4.95. The van der Waals surface area contributed by atoms with Crippen molar-refractivity contribution in [2.24, 2.45) is 0 Å². The van der Waals surface area contributed by atoms with E-state index in [4.69, 9.17) is 0 Å². The van der Waals surface area contributed by atoms with Gasteiger partial charge in [0.15, 0.2) is 5.13 Å². The maximum absolute atomic E-state index is 4.60. The Bertz CT molecular complexity index is 390. The minimum absolute atomic E-state index is 0. The van der Waals surface area contributed by atoms with Crippen molar-refractivity contribution in [3.63, 3.8) is 0 Å². The number of hydrogen-bond donors (Lipinski definition) is 0. The van der Waals surface area contributed by atoms with E-state index in [1.165, 1.54) is 4.70 Å². The summed E-state index contributed by atoms with van der Waals surface area (Å²) in [6.07, 6.45) is 0. The Morgan fingerprint density at radius 3 is 2.47 bits per heavy atom. The van der Waals surface area contributed by atoms with E-state index in [0.717, 1.165) is 23.7 Å². The maximum Gasteiger partial charge on any atom is 0.186 e. The summed E-state index contributed by atoms with van der Waals surface area (Å²) in [4.78, 5) is 6.88. The smallest absolute Gasteiger partial charge is 0.186 e. The molecule has 0 saturated heterocycles. The number of aromatic nitrogens is 1. The van der Waals surface area contributed by atoms with Crippen LogP contribution in [0.5, 0.6) is 0 Å². The van der Waals surface area contributed by atoms with E-state index in [9.17, 15) is 0 Å². The molecule has 2 rings (SSSR count). The first-order chi connectivity index (χ1) is 6.85. The van der Waals surface area contributed by atoms with Crippen LogP contribution in [0.2, 0.25) is 0 Å². The van der Waals surface area contributed by atoms with Gasteiger partial charge in [-0.2, -0.15) is 0 Å². The van der Waals surface area contributed by atoms with Crippen LogP contribution in [0, 0.1) is 0 Å². The Morgan fingerprint density at radius 2 is 1.87 bits per heavy atom. The fourth-order valence-electron chi connectivity index (χ4n) is 1.49. The fraction of sp³-hybridized carbons (Fsp3) is 0.364. The summed E-state index contributed by atoms with van der Waals surface area (Å²) in [6.45, 7) is 6.37.